The fourth-order valence-corrected chi connectivity index (χ4v) is 1.38. The van der Waals surface area contributed by atoms with Crippen LogP contribution in [-0.4, -0.2) is 17.3 Å². The first-order valence-electron chi connectivity index (χ1n) is 4.76. The molecule has 0 spiro atoms. The molecule has 0 bridgehead atoms. The minimum Gasteiger partial charge on any atom is -0.389 e. The van der Waals surface area contributed by atoms with Crippen LogP contribution in [0.15, 0.2) is 18.2 Å². The summed E-state index contributed by atoms with van der Waals surface area (Å²) in [4.78, 5) is 0. The van der Waals surface area contributed by atoms with Crippen LogP contribution in [0.3, 0.4) is 0 Å². The normalized spacial score (nSPS) is 11.8. The lowest BCUT2D eigenvalue weighted by atomic mass is 10.1. The van der Waals surface area contributed by atoms with Crippen LogP contribution in [0.1, 0.15) is 19.4 Å². The van der Waals surface area contributed by atoms with Crippen LogP contribution in [-0.2, 0) is 6.54 Å². The third-order valence-electron chi connectivity index (χ3n) is 1.90. The highest BCUT2D eigenvalue weighted by atomic mass is 35.5. The highest BCUT2D eigenvalue weighted by Gasteiger charge is 2.12. The van der Waals surface area contributed by atoms with Crippen molar-refractivity contribution in [1.29, 1.82) is 0 Å². The molecule has 15 heavy (non-hydrogen) atoms. The van der Waals surface area contributed by atoms with Gasteiger partial charge in [0.05, 0.1) is 10.6 Å². The van der Waals surface area contributed by atoms with Crippen LogP contribution in [0, 0.1) is 5.82 Å². The first-order valence-corrected chi connectivity index (χ1v) is 5.14. The maximum atomic E-state index is 13.0. The fourth-order valence-electron chi connectivity index (χ4n) is 1.19. The van der Waals surface area contributed by atoms with Gasteiger partial charge in [0.1, 0.15) is 5.82 Å². The number of rotatable bonds is 4. The molecule has 84 valence electrons. The molecule has 0 saturated carbocycles. The monoisotopic (exact) mass is 231 g/mol. The number of halogens is 2. The standard InChI is InChI=1S/C11H15ClFNO/c1-11(2,15)7-14-6-8-4-3-5-9(13)10(8)12/h3-5,14-15H,6-7H2,1-2H3. The van der Waals surface area contributed by atoms with E-state index in [-0.39, 0.29) is 5.02 Å². The largest absolute Gasteiger partial charge is 0.389 e. The summed E-state index contributed by atoms with van der Waals surface area (Å²) in [7, 11) is 0. The Bertz CT molecular complexity index is 336. The van der Waals surface area contributed by atoms with E-state index < -0.39 is 11.4 Å². The second kappa shape index (κ2) is 4.92. The SMILES string of the molecule is CC(C)(O)CNCc1cccc(F)c1Cl. The van der Waals surface area contributed by atoms with Gasteiger partial charge in [-0.3, -0.25) is 0 Å². The Kier molecular flexibility index (Phi) is 4.08. The highest BCUT2D eigenvalue weighted by molar-refractivity contribution is 6.31. The van der Waals surface area contributed by atoms with Crippen LogP contribution in [0.2, 0.25) is 5.02 Å². The van der Waals surface area contributed by atoms with Gasteiger partial charge in [0.2, 0.25) is 0 Å². The van der Waals surface area contributed by atoms with E-state index in [0.29, 0.717) is 18.7 Å². The lowest BCUT2D eigenvalue weighted by molar-refractivity contribution is 0.0795. The quantitative estimate of drug-likeness (QED) is 0.834. The molecule has 0 amide bonds. The molecule has 0 aromatic heterocycles. The van der Waals surface area contributed by atoms with Gasteiger partial charge >= 0.3 is 0 Å². The Labute approximate surface area is 94.1 Å². The molecule has 1 rings (SSSR count). The zero-order valence-electron chi connectivity index (χ0n) is 8.85. The maximum absolute atomic E-state index is 13.0. The van der Waals surface area contributed by atoms with Crippen molar-refractivity contribution < 1.29 is 9.50 Å². The van der Waals surface area contributed by atoms with E-state index in [1.165, 1.54) is 6.07 Å². The molecular weight excluding hydrogens is 217 g/mol. The number of hydrogen-bond donors (Lipinski definition) is 2. The van der Waals surface area contributed by atoms with Gasteiger partial charge in [-0.1, -0.05) is 23.7 Å². The van der Waals surface area contributed by atoms with E-state index in [0.717, 1.165) is 0 Å². The van der Waals surface area contributed by atoms with Gasteiger partial charge in [-0.15, -0.1) is 0 Å². The molecule has 0 aliphatic carbocycles. The summed E-state index contributed by atoms with van der Waals surface area (Å²) in [6.07, 6.45) is 0. The molecule has 0 fully saturated rings. The third kappa shape index (κ3) is 4.16. The van der Waals surface area contributed by atoms with Crippen molar-refractivity contribution >= 4 is 11.6 Å². The van der Waals surface area contributed by atoms with E-state index in [2.05, 4.69) is 5.32 Å². The zero-order valence-corrected chi connectivity index (χ0v) is 9.61. The van der Waals surface area contributed by atoms with Crippen molar-refractivity contribution in [2.75, 3.05) is 6.54 Å². The molecule has 0 atom stereocenters. The number of hydrogen-bond acceptors (Lipinski definition) is 2. The first kappa shape index (κ1) is 12.4. The summed E-state index contributed by atoms with van der Waals surface area (Å²) in [6.45, 7) is 4.28. The van der Waals surface area contributed by atoms with Gasteiger partial charge in [0, 0.05) is 13.1 Å². The Balaban J connectivity index is 2.55. The molecular formula is C11H15ClFNO. The van der Waals surface area contributed by atoms with Crippen molar-refractivity contribution in [2.45, 2.75) is 26.0 Å². The Hall–Kier alpha value is -0.640. The van der Waals surface area contributed by atoms with E-state index in [9.17, 15) is 9.50 Å². The summed E-state index contributed by atoms with van der Waals surface area (Å²) in [6, 6.07) is 4.69. The Morgan fingerprint density at radius 3 is 2.73 bits per heavy atom. The van der Waals surface area contributed by atoms with Crippen molar-refractivity contribution in [2.24, 2.45) is 0 Å². The van der Waals surface area contributed by atoms with Gasteiger partial charge in [0.15, 0.2) is 0 Å². The zero-order chi connectivity index (χ0) is 11.5. The van der Waals surface area contributed by atoms with Crippen molar-refractivity contribution in [3.8, 4) is 0 Å². The van der Waals surface area contributed by atoms with Crippen LogP contribution in [0.25, 0.3) is 0 Å². The summed E-state index contributed by atoms with van der Waals surface area (Å²) in [5, 5.41) is 12.6. The van der Waals surface area contributed by atoms with E-state index >= 15 is 0 Å². The topological polar surface area (TPSA) is 32.3 Å². The van der Waals surface area contributed by atoms with Crippen LogP contribution >= 0.6 is 11.6 Å². The lowest BCUT2D eigenvalue weighted by Crippen LogP contribution is -2.34. The average Bonchev–Trinajstić information content (AvgIpc) is 2.10. The predicted molar refractivity (Wildman–Crippen MR) is 59.4 cm³/mol. The second-order valence-corrected chi connectivity index (χ2v) is 4.51. The van der Waals surface area contributed by atoms with E-state index in [1.54, 1.807) is 26.0 Å². The number of nitrogens with one attached hydrogen (secondary N) is 1. The van der Waals surface area contributed by atoms with Gasteiger partial charge in [-0.2, -0.15) is 0 Å². The van der Waals surface area contributed by atoms with Gasteiger partial charge in [-0.05, 0) is 25.5 Å². The summed E-state index contributed by atoms with van der Waals surface area (Å²) < 4.78 is 13.0. The van der Waals surface area contributed by atoms with Crippen molar-refractivity contribution in [3.63, 3.8) is 0 Å². The molecule has 0 heterocycles. The number of aliphatic hydroxyl groups is 1. The molecule has 0 aliphatic heterocycles. The first-order chi connectivity index (χ1) is 6.90. The average molecular weight is 232 g/mol. The van der Waals surface area contributed by atoms with Crippen molar-refractivity contribution in [3.05, 3.63) is 34.6 Å². The second-order valence-electron chi connectivity index (χ2n) is 4.13. The van der Waals surface area contributed by atoms with Crippen LogP contribution in [0.4, 0.5) is 4.39 Å². The summed E-state index contributed by atoms with van der Waals surface area (Å²) in [5.41, 5.74) is -0.0827. The molecule has 1 aromatic carbocycles. The van der Waals surface area contributed by atoms with E-state index in [1.807, 2.05) is 0 Å². The molecule has 1 aromatic rings. The fraction of sp³-hybridized carbons (Fsp3) is 0.455. The summed E-state index contributed by atoms with van der Waals surface area (Å²) in [5.74, 6) is -0.417. The van der Waals surface area contributed by atoms with Crippen LogP contribution < -0.4 is 5.32 Å². The Morgan fingerprint density at radius 2 is 2.13 bits per heavy atom. The number of benzene rings is 1. The van der Waals surface area contributed by atoms with Gasteiger partial charge in [-0.25, -0.2) is 4.39 Å². The maximum Gasteiger partial charge on any atom is 0.142 e. The molecule has 2 N–H and O–H groups in total. The smallest absolute Gasteiger partial charge is 0.142 e. The van der Waals surface area contributed by atoms with Crippen molar-refractivity contribution in [1.82, 2.24) is 5.32 Å². The highest BCUT2D eigenvalue weighted by Crippen LogP contribution is 2.19. The third-order valence-corrected chi connectivity index (χ3v) is 2.33. The minimum atomic E-state index is -0.778. The molecule has 0 aliphatic rings. The lowest BCUT2D eigenvalue weighted by Gasteiger charge is -2.17. The predicted octanol–water partition coefficient (Wildman–Crippen LogP) is 2.34. The minimum absolute atomic E-state index is 0.140. The summed E-state index contributed by atoms with van der Waals surface area (Å²) >= 11 is 5.77. The Morgan fingerprint density at radius 1 is 1.47 bits per heavy atom. The molecule has 0 radical (unpaired) electrons. The molecule has 4 heteroatoms. The van der Waals surface area contributed by atoms with E-state index in [4.69, 9.17) is 11.6 Å². The molecule has 0 unspecified atom stereocenters. The van der Waals surface area contributed by atoms with Gasteiger partial charge in [0.25, 0.3) is 0 Å². The molecule has 2 nitrogen and oxygen atoms in total. The molecule has 0 saturated heterocycles. The van der Waals surface area contributed by atoms with Gasteiger partial charge < -0.3 is 10.4 Å². The van der Waals surface area contributed by atoms with Crippen LogP contribution in [0.5, 0.6) is 0 Å².